The second-order valence-corrected chi connectivity index (χ2v) is 13.8. The number of hydrogen-bond acceptors (Lipinski definition) is 7. The molecule has 52 heavy (non-hydrogen) atoms. The first-order chi connectivity index (χ1) is 25.3. The molecule has 1 saturated carbocycles. The van der Waals surface area contributed by atoms with Crippen molar-refractivity contribution in [3.8, 4) is 34.1 Å². The van der Waals surface area contributed by atoms with Crippen molar-refractivity contribution in [3.05, 3.63) is 132 Å². The third-order valence-corrected chi connectivity index (χ3v) is 9.71. The number of piperidine rings is 1. The summed E-state index contributed by atoms with van der Waals surface area (Å²) in [6, 6.07) is 28.3. The fourth-order valence-corrected chi connectivity index (χ4v) is 6.49. The van der Waals surface area contributed by atoms with Gasteiger partial charge >= 0.3 is 0 Å². The van der Waals surface area contributed by atoms with Gasteiger partial charge in [-0.1, -0.05) is 68.8 Å². The highest BCUT2D eigenvalue weighted by molar-refractivity contribution is 5.67. The molecule has 7 nitrogen and oxygen atoms in total. The van der Waals surface area contributed by atoms with Crippen LogP contribution in [0.5, 0.6) is 23.0 Å². The van der Waals surface area contributed by atoms with Crippen molar-refractivity contribution < 1.29 is 19.7 Å². The van der Waals surface area contributed by atoms with Crippen molar-refractivity contribution in [1.29, 1.82) is 0 Å². The molecule has 0 bridgehead atoms. The van der Waals surface area contributed by atoms with E-state index in [9.17, 15) is 10.2 Å². The molecule has 4 aromatic carbocycles. The zero-order chi connectivity index (χ0) is 36.9. The monoisotopic (exact) mass is 701 g/mol. The van der Waals surface area contributed by atoms with Crippen LogP contribution in [0.2, 0.25) is 0 Å². The van der Waals surface area contributed by atoms with E-state index in [1.165, 1.54) is 35.6 Å². The van der Waals surface area contributed by atoms with Gasteiger partial charge in [-0.05, 0) is 132 Å². The minimum Gasteiger partial charge on any atom is -0.504 e. The number of nitrogens with zero attached hydrogens (tertiary/aromatic N) is 2. The maximum Gasteiger partial charge on any atom is 0.158 e. The summed E-state index contributed by atoms with van der Waals surface area (Å²) in [5, 5.41) is 19.9. The Balaban J connectivity index is 0.00000122. The lowest BCUT2D eigenvalue weighted by atomic mass is 9.98. The molecule has 2 aliphatic rings. The lowest BCUT2D eigenvalue weighted by Gasteiger charge is -2.40. The normalized spacial score (nSPS) is 15.2. The smallest absolute Gasteiger partial charge is 0.158 e. The predicted octanol–water partition coefficient (Wildman–Crippen LogP) is 9.34. The molecule has 6 rings (SSSR count). The molecule has 4 aromatic rings. The zero-order valence-electron chi connectivity index (χ0n) is 31.0. The number of aromatic hydroxyl groups is 2. The summed E-state index contributed by atoms with van der Waals surface area (Å²) in [6.45, 7) is 12.3. The quantitative estimate of drug-likeness (QED) is 0.0892. The van der Waals surface area contributed by atoms with Crippen molar-refractivity contribution in [2.45, 2.75) is 58.5 Å². The predicted molar refractivity (Wildman–Crippen MR) is 215 cm³/mol. The van der Waals surface area contributed by atoms with Crippen LogP contribution in [0.3, 0.4) is 0 Å². The minimum atomic E-state index is -0.122. The average molecular weight is 702 g/mol. The van der Waals surface area contributed by atoms with Crippen molar-refractivity contribution in [2.24, 2.45) is 11.7 Å². The zero-order valence-corrected chi connectivity index (χ0v) is 31.0. The van der Waals surface area contributed by atoms with E-state index >= 15 is 0 Å². The van der Waals surface area contributed by atoms with Gasteiger partial charge in [0, 0.05) is 37.9 Å². The third kappa shape index (κ3) is 11.2. The molecule has 0 atom stereocenters. The highest BCUT2D eigenvalue weighted by atomic mass is 16.5. The molecule has 0 spiro atoms. The number of rotatable bonds is 14. The lowest BCUT2D eigenvalue weighted by molar-refractivity contribution is 0.224. The first-order valence-corrected chi connectivity index (χ1v) is 18.5. The van der Waals surface area contributed by atoms with Crippen LogP contribution in [0.1, 0.15) is 56.2 Å². The average Bonchev–Trinajstić information content (AvgIpc) is 3.97. The van der Waals surface area contributed by atoms with Crippen LogP contribution in [-0.2, 0) is 13.0 Å². The topological polar surface area (TPSA) is 91.4 Å². The molecule has 0 amide bonds. The Morgan fingerprint density at radius 1 is 0.885 bits per heavy atom. The van der Waals surface area contributed by atoms with Crippen LogP contribution in [0.15, 0.2) is 115 Å². The molecule has 0 radical (unpaired) electrons. The van der Waals surface area contributed by atoms with Gasteiger partial charge in [-0.25, -0.2) is 0 Å². The highest BCUT2D eigenvalue weighted by Crippen LogP contribution is 2.33. The lowest BCUT2D eigenvalue weighted by Crippen LogP contribution is -2.45. The van der Waals surface area contributed by atoms with Crippen LogP contribution < -0.4 is 20.1 Å². The van der Waals surface area contributed by atoms with E-state index in [1.54, 1.807) is 19.4 Å². The van der Waals surface area contributed by atoms with Gasteiger partial charge in [0.15, 0.2) is 11.5 Å². The summed E-state index contributed by atoms with van der Waals surface area (Å²) in [7, 11) is 1.69. The summed E-state index contributed by atoms with van der Waals surface area (Å²) in [5.41, 5.74) is 13.5. The van der Waals surface area contributed by atoms with E-state index in [4.69, 9.17) is 15.2 Å². The van der Waals surface area contributed by atoms with Crippen LogP contribution in [0.25, 0.3) is 17.2 Å². The number of methoxy groups -OCH3 is 1. The van der Waals surface area contributed by atoms with Crippen molar-refractivity contribution in [1.82, 2.24) is 4.90 Å². The van der Waals surface area contributed by atoms with E-state index in [-0.39, 0.29) is 11.5 Å². The highest BCUT2D eigenvalue weighted by Gasteiger charge is 2.26. The number of phenolic OH excluding ortho intramolecular Hbond substituents is 2. The van der Waals surface area contributed by atoms with Gasteiger partial charge < -0.3 is 30.3 Å². The Kier molecular flexibility index (Phi) is 13.9. The summed E-state index contributed by atoms with van der Waals surface area (Å²) in [6.07, 6.45) is 13.5. The largest absolute Gasteiger partial charge is 0.504 e. The first-order valence-electron chi connectivity index (χ1n) is 18.5. The SMILES string of the molecule is C=Cc1cc(C/C=C(\C=C/N)CN2CCC(N(Cc3cccc(-c4ccc(O)c(O)c4)c3)c3ccc(OCC)cc3)CC2)cc(OC)c1.CC1CC1. The van der Waals surface area contributed by atoms with Gasteiger partial charge in [-0.2, -0.15) is 0 Å². The summed E-state index contributed by atoms with van der Waals surface area (Å²) in [5.74, 6) is 2.54. The summed E-state index contributed by atoms with van der Waals surface area (Å²) < 4.78 is 11.2. The number of ether oxygens (including phenoxy) is 2. The van der Waals surface area contributed by atoms with E-state index < -0.39 is 0 Å². The second kappa shape index (κ2) is 18.9. The minimum absolute atomic E-state index is 0.122. The molecule has 1 aliphatic carbocycles. The summed E-state index contributed by atoms with van der Waals surface area (Å²) >= 11 is 0. The molecule has 0 unspecified atom stereocenters. The number of benzene rings is 4. The molecule has 2 fully saturated rings. The van der Waals surface area contributed by atoms with Crippen molar-refractivity contribution in [2.75, 3.05) is 38.3 Å². The number of phenols is 2. The molecule has 1 saturated heterocycles. The number of anilines is 1. The molecule has 274 valence electrons. The van der Waals surface area contributed by atoms with Crippen LogP contribution in [0, 0.1) is 5.92 Å². The first kappa shape index (κ1) is 38.1. The summed E-state index contributed by atoms with van der Waals surface area (Å²) in [4.78, 5) is 5.02. The molecule has 1 aliphatic heterocycles. The molecule has 1 heterocycles. The van der Waals surface area contributed by atoms with Gasteiger partial charge in [0.25, 0.3) is 0 Å². The fraction of sp³-hybridized carbons (Fsp3) is 0.333. The standard InChI is InChI=1S/C41H47N3O4.C4H8/c1-4-30-23-32(26-39(25-30)47-3)10-9-31(17-20-42)28-43-21-18-37(19-22-43)44(36-12-14-38(15-13-36)48-5-2)29-33-7-6-8-34(24-33)35-11-16-40(45)41(46)27-35;1-4-2-3-4/h4,6-9,11-17,20,23-27,37,45-46H,1,5,10,18-19,21-22,28-29,42H2,2-3H3;4H,2-3H2,1H3/b20-17-,31-9+;. The van der Waals surface area contributed by atoms with Gasteiger partial charge in [-0.15, -0.1) is 0 Å². The number of hydrogen-bond donors (Lipinski definition) is 3. The van der Waals surface area contributed by atoms with Crippen LogP contribution >= 0.6 is 0 Å². The van der Waals surface area contributed by atoms with E-state index in [0.29, 0.717) is 12.6 Å². The molecular formula is C45H55N3O4. The fourth-order valence-electron chi connectivity index (χ4n) is 6.49. The Hall–Kier alpha value is -5.14. The van der Waals surface area contributed by atoms with Crippen molar-refractivity contribution >= 4 is 11.8 Å². The molecule has 4 N–H and O–H groups in total. The van der Waals surface area contributed by atoms with E-state index in [2.05, 4.69) is 71.8 Å². The van der Waals surface area contributed by atoms with Gasteiger partial charge in [0.1, 0.15) is 11.5 Å². The Bertz CT molecular complexity index is 1800. The van der Waals surface area contributed by atoms with Crippen LogP contribution in [0.4, 0.5) is 5.69 Å². The van der Waals surface area contributed by atoms with E-state index in [1.807, 2.05) is 49.4 Å². The van der Waals surface area contributed by atoms with Gasteiger partial charge in [0.05, 0.1) is 13.7 Å². The molecular weight excluding hydrogens is 647 g/mol. The molecule has 0 aromatic heterocycles. The van der Waals surface area contributed by atoms with Crippen LogP contribution in [-0.4, -0.2) is 54.5 Å². The Morgan fingerprint density at radius 3 is 2.25 bits per heavy atom. The van der Waals surface area contributed by atoms with E-state index in [0.717, 1.165) is 85.2 Å². The molecule has 7 heteroatoms. The maximum atomic E-state index is 10.1. The number of nitrogens with two attached hydrogens (primary N) is 1. The van der Waals surface area contributed by atoms with Gasteiger partial charge in [-0.3, -0.25) is 4.90 Å². The number of likely N-dealkylation sites (tertiary alicyclic amines) is 1. The second-order valence-electron chi connectivity index (χ2n) is 13.8. The Morgan fingerprint density at radius 2 is 1.62 bits per heavy atom. The maximum absolute atomic E-state index is 10.1. The Labute approximate surface area is 310 Å². The third-order valence-electron chi connectivity index (χ3n) is 9.71. The number of allylic oxidation sites excluding steroid dienone is 1. The van der Waals surface area contributed by atoms with Gasteiger partial charge in [0.2, 0.25) is 0 Å². The van der Waals surface area contributed by atoms with Crippen molar-refractivity contribution in [3.63, 3.8) is 0 Å².